The number of hydrogen-bond donors (Lipinski definition) is 0. The number of nitrogens with zero attached hydrogens (tertiary/aromatic N) is 2. The number of carbonyl (C=O) groups excluding carboxylic acids is 1. The van der Waals surface area contributed by atoms with Crippen molar-refractivity contribution >= 4 is 33.3 Å². The van der Waals surface area contributed by atoms with E-state index in [4.69, 9.17) is 9.15 Å². The predicted octanol–water partition coefficient (Wildman–Crippen LogP) is 6.41. The highest BCUT2D eigenvalue weighted by molar-refractivity contribution is 7.15. The summed E-state index contributed by atoms with van der Waals surface area (Å²) in [5, 5.41) is 1.04. The van der Waals surface area contributed by atoms with Gasteiger partial charge in [-0.05, 0) is 75.1 Å². The maximum absolute atomic E-state index is 13.8. The Bertz CT molecular complexity index is 1480. The minimum atomic E-state index is -0.630. The highest BCUT2D eigenvalue weighted by Gasteiger charge is 2.45. The molecule has 180 valence electrons. The van der Waals surface area contributed by atoms with Crippen LogP contribution in [0.25, 0.3) is 11.0 Å². The second-order valence-corrected chi connectivity index (χ2v) is 10.3. The lowest BCUT2D eigenvalue weighted by Crippen LogP contribution is -2.29. The number of hydrogen-bond acceptors (Lipinski definition) is 6. The lowest BCUT2D eigenvalue weighted by molar-refractivity contribution is 0.0971. The van der Waals surface area contributed by atoms with E-state index in [1.165, 1.54) is 11.3 Å². The third-order valence-electron chi connectivity index (χ3n) is 6.67. The molecule has 0 saturated heterocycles. The topological polar surface area (TPSA) is 72.6 Å². The first-order chi connectivity index (χ1) is 16.8. The maximum atomic E-state index is 13.8. The molecule has 1 unspecified atom stereocenters. The Labute approximate surface area is 208 Å². The van der Waals surface area contributed by atoms with Crippen molar-refractivity contribution in [2.75, 3.05) is 11.5 Å². The summed E-state index contributed by atoms with van der Waals surface area (Å²) in [7, 11) is 0. The Morgan fingerprint density at radius 1 is 1.06 bits per heavy atom. The molecule has 0 radical (unpaired) electrons. The fourth-order valence-electron chi connectivity index (χ4n) is 4.38. The van der Waals surface area contributed by atoms with Crippen molar-refractivity contribution < 1.29 is 13.9 Å². The van der Waals surface area contributed by atoms with Crippen molar-refractivity contribution in [2.45, 2.75) is 53.5 Å². The van der Waals surface area contributed by atoms with Gasteiger partial charge in [-0.15, -0.1) is 11.3 Å². The number of unbranched alkanes of at least 4 members (excludes halogenated alkanes) is 1. The van der Waals surface area contributed by atoms with E-state index >= 15 is 0 Å². The van der Waals surface area contributed by atoms with E-state index in [1.807, 2.05) is 64.1 Å². The average Bonchev–Trinajstić information content (AvgIpc) is 3.32. The summed E-state index contributed by atoms with van der Waals surface area (Å²) in [5.74, 6) is 0.500. The third kappa shape index (κ3) is 3.93. The Balaban J connectivity index is 1.69. The molecule has 0 fully saturated rings. The number of aromatic nitrogens is 1. The molecule has 5 rings (SSSR count). The van der Waals surface area contributed by atoms with Crippen LogP contribution in [0, 0.1) is 27.7 Å². The van der Waals surface area contributed by atoms with Crippen LogP contribution in [0.4, 0.5) is 5.13 Å². The van der Waals surface area contributed by atoms with Gasteiger partial charge in [-0.25, -0.2) is 4.98 Å². The van der Waals surface area contributed by atoms with E-state index in [-0.39, 0.29) is 17.1 Å². The molecule has 1 amide bonds. The lowest BCUT2D eigenvalue weighted by Gasteiger charge is -2.22. The zero-order valence-electron chi connectivity index (χ0n) is 20.6. The number of anilines is 1. The summed E-state index contributed by atoms with van der Waals surface area (Å²) in [5.41, 5.74) is 4.28. The predicted molar refractivity (Wildman–Crippen MR) is 139 cm³/mol. The fourth-order valence-corrected chi connectivity index (χ4v) is 5.32. The summed E-state index contributed by atoms with van der Waals surface area (Å²) in [6.45, 7) is 10.6. The number of amides is 1. The molecular formula is C28H28N2O4S. The standard InChI is InChI=1S/C28H28N2O4S/c1-6-7-12-33-20-10-8-19(9-11-20)24-23-25(31)21-13-15(2)16(3)14-22(21)34-26(23)27(32)30(24)28-29-17(4)18(5)35-28/h8-11,13-14,24H,6-7,12H2,1-5H3. The van der Waals surface area contributed by atoms with Crippen molar-refractivity contribution in [3.8, 4) is 5.75 Å². The Morgan fingerprint density at radius 3 is 2.43 bits per heavy atom. The van der Waals surface area contributed by atoms with Gasteiger partial charge in [0, 0.05) is 4.88 Å². The molecular weight excluding hydrogens is 460 g/mol. The second kappa shape index (κ2) is 8.96. The molecule has 0 spiro atoms. The average molecular weight is 489 g/mol. The first kappa shape index (κ1) is 23.3. The van der Waals surface area contributed by atoms with E-state index in [9.17, 15) is 9.59 Å². The number of carbonyl (C=O) groups is 1. The van der Waals surface area contributed by atoms with Gasteiger partial charge < -0.3 is 9.15 Å². The van der Waals surface area contributed by atoms with Gasteiger partial charge in [0.2, 0.25) is 5.76 Å². The summed E-state index contributed by atoms with van der Waals surface area (Å²) < 4.78 is 11.9. The fraction of sp³-hybridized carbons (Fsp3) is 0.321. The van der Waals surface area contributed by atoms with Crippen molar-refractivity contribution in [3.05, 3.63) is 85.2 Å². The van der Waals surface area contributed by atoms with Crippen LogP contribution in [0.2, 0.25) is 0 Å². The monoisotopic (exact) mass is 488 g/mol. The molecule has 6 nitrogen and oxygen atoms in total. The number of benzene rings is 2. The maximum Gasteiger partial charge on any atom is 0.297 e. The number of rotatable bonds is 6. The molecule has 1 aliphatic rings. The van der Waals surface area contributed by atoms with Crippen molar-refractivity contribution in [1.82, 2.24) is 4.98 Å². The first-order valence-corrected chi connectivity index (χ1v) is 12.7. The molecule has 0 saturated carbocycles. The van der Waals surface area contributed by atoms with E-state index < -0.39 is 6.04 Å². The van der Waals surface area contributed by atoms with Crippen LogP contribution in [0.15, 0.2) is 45.6 Å². The van der Waals surface area contributed by atoms with Crippen LogP contribution in [0.1, 0.15) is 69.2 Å². The van der Waals surface area contributed by atoms with Crippen LogP contribution >= 0.6 is 11.3 Å². The molecule has 0 aliphatic carbocycles. The zero-order chi connectivity index (χ0) is 24.9. The van der Waals surface area contributed by atoms with Gasteiger partial charge >= 0.3 is 0 Å². The molecule has 4 aromatic rings. The molecule has 7 heteroatoms. The molecule has 3 heterocycles. The van der Waals surface area contributed by atoms with Gasteiger partial charge in [0.1, 0.15) is 11.3 Å². The SMILES string of the molecule is CCCCOc1ccc(C2c3c(oc4cc(C)c(C)cc4c3=O)C(=O)N2c2nc(C)c(C)s2)cc1. The van der Waals surface area contributed by atoms with Gasteiger partial charge in [0.05, 0.1) is 29.3 Å². The summed E-state index contributed by atoms with van der Waals surface area (Å²) in [4.78, 5) is 34.8. The van der Waals surface area contributed by atoms with E-state index in [0.717, 1.165) is 45.9 Å². The van der Waals surface area contributed by atoms with Crippen LogP contribution in [0.5, 0.6) is 5.75 Å². The first-order valence-electron chi connectivity index (χ1n) is 11.9. The molecule has 1 atom stereocenters. The van der Waals surface area contributed by atoms with Crippen LogP contribution < -0.4 is 15.1 Å². The van der Waals surface area contributed by atoms with Crippen molar-refractivity contribution in [1.29, 1.82) is 0 Å². The van der Waals surface area contributed by atoms with Gasteiger partial charge in [-0.2, -0.15) is 0 Å². The molecule has 35 heavy (non-hydrogen) atoms. The molecule has 2 aromatic heterocycles. The number of fused-ring (bicyclic) bond motifs is 2. The van der Waals surface area contributed by atoms with Gasteiger partial charge in [0.15, 0.2) is 10.6 Å². The third-order valence-corrected chi connectivity index (χ3v) is 7.74. The minimum Gasteiger partial charge on any atom is -0.494 e. The minimum absolute atomic E-state index is 0.0875. The van der Waals surface area contributed by atoms with Gasteiger partial charge in [-0.3, -0.25) is 14.5 Å². The van der Waals surface area contributed by atoms with Crippen molar-refractivity contribution in [3.63, 3.8) is 0 Å². The molecule has 0 N–H and O–H groups in total. The normalized spacial score (nSPS) is 15.2. The lowest BCUT2D eigenvalue weighted by atomic mass is 9.97. The van der Waals surface area contributed by atoms with E-state index in [0.29, 0.717) is 28.3 Å². The van der Waals surface area contributed by atoms with Gasteiger partial charge in [-0.1, -0.05) is 25.5 Å². The molecule has 2 aromatic carbocycles. The van der Waals surface area contributed by atoms with Crippen LogP contribution in [-0.2, 0) is 0 Å². The summed E-state index contributed by atoms with van der Waals surface area (Å²) in [6, 6.07) is 10.7. The van der Waals surface area contributed by atoms with E-state index in [1.54, 1.807) is 4.90 Å². The number of aryl methyl sites for hydroxylation is 4. The quantitative estimate of drug-likeness (QED) is 0.293. The van der Waals surface area contributed by atoms with E-state index in [2.05, 4.69) is 11.9 Å². The smallest absolute Gasteiger partial charge is 0.297 e. The number of thiazole rings is 1. The summed E-state index contributed by atoms with van der Waals surface area (Å²) in [6.07, 6.45) is 2.04. The molecule has 1 aliphatic heterocycles. The Hall–Kier alpha value is -3.45. The Morgan fingerprint density at radius 2 is 1.77 bits per heavy atom. The second-order valence-electron chi connectivity index (χ2n) is 9.09. The molecule has 0 bridgehead atoms. The van der Waals surface area contributed by atoms with Crippen LogP contribution in [-0.4, -0.2) is 17.5 Å². The van der Waals surface area contributed by atoms with Gasteiger partial charge in [0.25, 0.3) is 5.91 Å². The zero-order valence-corrected chi connectivity index (χ0v) is 21.4. The Kier molecular flexibility index (Phi) is 5.97. The highest BCUT2D eigenvalue weighted by atomic mass is 32.1. The highest BCUT2D eigenvalue weighted by Crippen LogP contribution is 2.43. The number of ether oxygens (including phenoxy) is 1. The van der Waals surface area contributed by atoms with Crippen LogP contribution in [0.3, 0.4) is 0 Å². The summed E-state index contributed by atoms with van der Waals surface area (Å²) >= 11 is 1.44. The van der Waals surface area contributed by atoms with Crippen molar-refractivity contribution in [2.24, 2.45) is 0 Å². The largest absolute Gasteiger partial charge is 0.494 e.